The molecule has 1 fully saturated rings. The van der Waals surface area contributed by atoms with Gasteiger partial charge in [-0.1, -0.05) is 13.0 Å². The Hall–Kier alpha value is -1.42. The summed E-state index contributed by atoms with van der Waals surface area (Å²) in [5.74, 6) is 0.163. The van der Waals surface area contributed by atoms with Gasteiger partial charge in [0, 0.05) is 32.1 Å². The molecular formula is C15H22N2O2. The summed E-state index contributed by atoms with van der Waals surface area (Å²) in [6.07, 6.45) is 6.66. The molecule has 1 aromatic heterocycles. The van der Waals surface area contributed by atoms with E-state index in [4.69, 9.17) is 0 Å². The third-order valence-electron chi connectivity index (χ3n) is 4.34. The fraction of sp³-hybridized carbons (Fsp3) is 0.600. The van der Waals surface area contributed by atoms with Crippen LogP contribution in [0.15, 0.2) is 24.5 Å². The molecular weight excluding hydrogens is 240 g/mol. The van der Waals surface area contributed by atoms with Crippen molar-refractivity contribution in [2.45, 2.75) is 32.6 Å². The van der Waals surface area contributed by atoms with Crippen LogP contribution in [0, 0.1) is 5.41 Å². The van der Waals surface area contributed by atoms with Crippen molar-refractivity contribution in [3.63, 3.8) is 0 Å². The van der Waals surface area contributed by atoms with E-state index in [0.717, 1.165) is 37.9 Å². The Morgan fingerprint density at radius 2 is 2.21 bits per heavy atom. The van der Waals surface area contributed by atoms with Gasteiger partial charge in [-0.25, -0.2) is 0 Å². The maximum atomic E-state index is 12.2. The lowest BCUT2D eigenvalue weighted by atomic mass is 9.77. The number of nitrogens with zero attached hydrogens (tertiary/aromatic N) is 2. The number of piperidine rings is 1. The third-order valence-corrected chi connectivity index (χ3v) is 4.34. The summed E-state index contributed by atoms with van der Waals surface area (Å²) in [6, 6.07) is 3.78. The van der Waals surface area contributed by atoms with Crippen molar-refractivity contribution in [2.75, 3.05) is 19.7 Å². The topological polar surface area (TPSA) is 53.4 Å². The van der Waals surface area contributed by atoms with Crippen LogP contribution in [0.25, 0.3) is 0 Å². The van der Waals surface area contributed by atoms with Crippen LogP contribution in [0.3, 0.4) is 0 Å². The second kappa shape index (κ2) is 6.15. The lowest BCUT2D eigenvalue weighted by molar-refractivity contribution is -0.133. The van der Waals surface area contributed by atoms with Crippen LogP contribution in [-0.4, -0.2) is 40.6 Å². The molecule has 4 nitrogen and oxygen atoms in total. The van der Waals surface area contributed by atoms with Crippen molar-refractivity contribution in [3.8, 4) is 0 Å². The van der Waals surface area contributed by atoms with Crippen LogP contribution in [0.5, 0.6) is 0 Å². The molecule has 4 heteroatoms. The van der Waals surface area contributed by atoms with E-state index in [2.05, 4.69) is 11.9 Å². The van der Waals surface area contributed by atoms with Gasteiger partial charge in [-0.3, -0.25) is 9.78 Å². The molecule has 1 saturated heterocycles. The summed E-state index contributed by atoms with van der Waals surface area (Å²) in [7, 11) is 0. The molecule has 2 rings (SSSR count). The second-order valence-corrected chi connectivity index (χ2v) is 5.43. The Labute approximate surface area is 114 Å². The van der Waals surface area contributed by atoms with Gasteiger partial charge < -0.3 is 10.0 Å². The van der Waals surface area contributed by atoms with E-state index in [1.807, 2.05) is 17.0 Å². The van der Waals surface area contributed by atoms with Crippen molar-refractivity contribution < 1.29 is 9.90 Å². The largest absolute Gasteiger partial charge is 0.396 e. The highest BCUT2D eigenvalue weighted by Crippen LogP contribution is 2.34. The van der Waals surface area contributed by atoms with Gasteiger partial charge in [0.2, 0.25) is 5.91 Å². The molecule has 1 aliphatic rings. The summed E-state index contributed by atoms with van der Waals surface area (Å²) < 4.78 is 0. The summed E-state index contributed by atoms with van der Waals surface area (Å²) in [5, 5.41) is 9.49. The third kappa shape index (κ3) is 3.32. The Balaban J connectivity index is 1.89. The monoisotopic (exact) mass is 262 g/mol. The molecule has 1 aliphatic heterocycles. The number of aliphatic hydroxyl groups is 1. The molecule has 19 heavy (non-hydrogen) atoms. The number of carbonyl (C=O) groups excluding carboxylic acids is 1. The van der Waals surface area contributed by atoms with Crippen molar-refractivity contribution in [2.24, 2.45) is 5.41 Å². The van der Waals surface area contributed by atoms with Crippen LogP contribution < -0.4 is 0 Å². The Morgan fingerprint density at radius 3 is 2.74 bits per heavy atom. The highest BCUT2D eigenvalue weighted by molar-refractivity contribution is 5.78. The predicted octanol–water partition coefficient (Wildman–Crippen LogP) is 1.64. The molecule has 104 valence electrons. The Kier molecular flexibility index (Phi) is 4.53. The molecule has 0 radical (unpaired) electrons. The molecule has 1 aromatic rings. The number of hydrogen-bond donors (Lipinski definition) is 1. The number of hydrogen-bond acceptors (Lipinski definition) is 3. The summed E-state index contributed by atoms with van der Waals surface area (Å²) in [5.41, 5.74) is 0.993. The average Bonchev–Trinajstić information content (AvgIpc) is 2.48. The van der Waals surface area contributed by atoms with Gasteiger partial charge in [0.25, 0.3) is 0 Å². The molecule has 0 atom stereocenters. The normalized spacial score (nSPS) is 18.3. The van der Waals surface area contributed by atoms with Gasteiger partial charge in [-0.15, -0.1) is 0 Å². The maximum absolute atomic E-state index is 12.2. The van der Waals surface area contributed by atoms with Crippen molar-refractivity contribution in [3.05, 3.63) is 30.1 Å². The van der Waals surface area contributed by atoms with Gasteiger partial charge in [0.1, 0.15) is 0 Å². The number of aromatic nitrogens is 1. The highest BCUT2D eigenvalue weighted by atomic mass is 16.3. The predicted molar refractivity (Wildman–Crippen MR) is 73.6 cm³/mol. The minimum Gasteiger partial charge on any atom is -0.396 e. The zero-order valence-corrected chi connectivity index (χ0v) is 11.5. The van der Waals surface area contributed by atoms with E-state index in [9.17, 15) is 9.90 Å². The van der Waals surface area contributed by atoms with Crippen molar-refractivity contribution in [1.82, 2.24) is 9.88 Å². The molecule has 0 spiro atoms. The van der Waals surface area contributed by atoms with Crippen molar-refractivity contribution in [1.29, 1.82) is 0 Å². The fourth-order valence-electron chi connectivity index (χ4n) is 2.64. The van der Waals surface area contributed by atoms with Crippen LogP contribution in [0.2, 0.25) is 0 Å². The van der Waals surface area contributed by atoms with Crippen molar-refractivity contribution >= 4 is 5.91 Å². The highest BCUT2D eigenvalue weighted by Gasteiger charge is 2.33. The first-order valence-electron chi connectivity index (χ1n) is 6.97. The Morgan fingerprint density at radius 1 is 1.47 bits per heavy atom. The number of rotatable bonds is 4. The van der Waals surface area contributed by atoms with Gasteiger partial charge in [0.05, 0.1) is 6.42 Å². The number of amides is 1. The quantitative estimate of drug-likeness (QED) is 0.897. The van der Waals surface area contributed by atoms with E-state index in [0.29, 0.717) is 6.42 Å². The molecule has 0 aliphatic carbocycles. The second-order valence-electron chi connectivity index (χ2n) is 5.43. The van der Waals surface area contributed by atoms with E-state index in [1.54, 1.807) is 12.4 Å². The van der Waals surface area contributed by atoms with Crippen LogP contribution in [0.4, 0.5) is 0 Å². The van der Waals surface area contributed by atoms with Crippen LogP contribution in [0.1, 0.15) is 31.7 Å². The minimum absolute atomic E-state index is 0.0328. The number of aliphatic hydroxyl groups excluding tert-OH is 1. The molecule has 0 bridgehead atoms. The molecule has 1 N–H and O–H groups in total. The first-order chi connectivity index (χ1) is 9.19. The minimum atomic E-state index is 0.0328. The average molecular weight is 262 g/mol. The fourth-order valence-corrected chi connectivity index (χ4v) is 2.64. The number of carbonyl (C=O) groups is 1. The number of pyridine rings is 1. The summed E-state index contributed by atoms with van der Waals surface area (Å²) in [4.78, 5) is 18.1. The maximum Gasteiger partial charge on any atom is 0.227 e. The van der Waals surface area contributed by atoms with Gasteiger partial charge >= 0.3 is 0 Å². The zero-order chi connectivity index (χ0) is 13.7. The lowest BCUT2D eigenvalue weighted by Crippen LogP contribution is -2.45. The molecule has 0 saturated carbocycles. The van der Waals surface area contributed by atoms with Crippen LogP contribution >= 0.6 is 0 Å². The first kappa shape index (κ1) is 14.0. The van der Waals surface area contributed by atoms with Gasteiger partial charge in [0.15, 0.2) is 0 Å². The van der Waals surface area contributed by atoms with Gasteiger partial charge in [-0.05, 0) is 36.3 Å². The first-order valence-corrected chi connectivity index (χ1v) is 6.97. The summed E-state index contributed by atoms with van der Waals surface area (Å²) in [6.45, 7) is 3.86. The number of likely N-dealkylation sites (tertiary alicyclic amines) is 1. The molecule has 1 amide bonds. The lowest BCUT2D eigenvalue weighted by Gasteiger charge is -2.40. The summed E-state index contributed by atoms with van der Waals surface area (Å²) >= 11 is 0. The van der Waals surface area contributed by atoms with E-state index in [-0.39, 0.29) is 17.9 Å². The standard InChI is InChI=1S/C15H22N2O2/c1-2-15(12-18)5-8-17(9-6-15)14(19)10-13-4-3-7-16-11-13/h3-4,7,11,18H,2,5-6,8-10,12H2,1H3. The van der Waals surface area contributed by atoms with E-state index in [1.165, 1.54) is 0 Å². The molecule has 0 unspecified atom stereocenters. The van der Waals surface area contributed by atoms with E-state index < -0.39 is 0 Å². The van der Waals surface area contributed by atoms with Crippen LogP contribution in [-0.2, 0) is 11.2 Å². The molecule has 2 heterocycles. The smallest absolute Gasteiger partial charge is 0.227 e. The van der Waals surface area contributed by atoms with Gasteiger partial charge in [-0.2, -0.15) is 0 Å². The Bertz CT molecular complexity index is 405. The van der Waals surface area contributed by atoms with E-state index >= 15 is 0 Å². The zero-order valence-electron chi connectivity index (χ0n) is 11.5. The molecule has 0 aromatic carbocycles. The SMILES string of the molecule is CCC1(CO)CCN(C(=O)Cc2cccnc2)CC1.